The zero-order valence-electron chi connectivity index (χ0n) is 6.88. The van der Waals surface area contributed by atoms with Gasteiger partial charge in [-0.05, 0) is 18.6 Å². The zero-order chi connectivity index (χ0) is 10.0. The van der Waals surface area contributed by atoms with Gasteiger partial charge >= 0.3 is 0 Å². The topological polar surface area (TPSA) is 58.6 Å². The minimum atomic E-state index is -1.10. The summed E-state index contributed by atoms with van der Waals surface area (Å²) >= 11 is 0. The van der Waals surface area contributed by atoms with Crippen LogP contribution in [0.1, 0.15) is 11.1 Å². The maximum absolute atomic E-state index is 13.1. The minimum absolute atomic E-state index is 0.173. The molecule has 0 heterocycles. The van der Waals surface area contributed by atoms with Crippen LogP contribution >= 0.6 is 0 Å². The molecule has 0 unspecified atom stereocenters. The Morgan fingerprint density at radius 1 is 1.38 bits per heavy atom. The van der Waals surface area contributed by atoms with E-state index in [-0.39, 0.29) is 11.1 Å². The van der Waals surface area contributed by atoms with Gasteiger partial charge < -0.3 is 10.9 Å². The van der Waals surface area contributed by atoms with Gasteiger partial charge in [-0.3, -0.25) is 0 Å². The molecule has 0 aliphatic rings. The summed E-state index contributed by atoms with van der Waals surface area (Å²) in [6, 6.07) is 2.61. The molecule has 0 atom stereocenters. The number of halogens is 2. The van der Waals surface area contributed by atoms with E-state index in [0.717, 1.165) is 0 Å². The zero-order valence-corrected chi connectivity index (χ0v) is 6.88. The van der Waals surface area contributed by atoms with E-state index in [4.69, 9.17) is 10.9 Å². The summed E-state index contributed by atoms with van der Waals surface area (Å²) in [6.45, 7) is 1.43. The molecule has 1 rings (SSSR count). The molecular weight excluding hydrogens is 178 g/mol. The molecule has 5 heteroatoms. The Morgan fingerprint density at radius 3 is 2.54 bits per heavy atom. The first-order valence-corrected chi connectivity index (χ1v) is 3.50. The normalized spacial score (nSPS) is 11.8. The maximum Gasteiger partial charge on any atom is 0.173 e. The quantitative estimate of drug-likeness (QED) is 0.301. The van der Waals surface area contributed by atoms with Gasteiger partial charge in [0.25, 0.3) is 0 Å². The van der Waals surface area contributed by atoms with Gasteiger partial charge in [0.1, 0.15) is 0 Å². The molecule has 0 fully saturated rings. The first-order valence-electron chi connectivity index (χ1n) is 3.50. The fraction of sp³-hybridized carbons (Fsp3) is 0.125. The van der Waals surface area contributed by atoms with E-state index >= 15 is 0 Å². The summed E-state index contributed by atoms with van der Waals surface area (Å²) in [6.07, 6.45) is 0. The molecule has 0 aliphatic carbocycles. The van der Waals surface area contributed by atoms with Crippen LogP contribution in [0.5, 0.6) is 0 Å². The van der Waals surface area contributed by atoms with Gasteiger partial charge in [-0.15, -0.1) is 0 Å². The smallest absolute Gasteiger partial charge is 0.173 e. The van der Waals surface area contributed by atoms with Gasteiger partial charge in [0.2, 0.25) is 0 Å². The monoisotopic (exact) mass is 186 g/mol. The maximum atomic E-state index is 13.1. The molecular formula is C8H8F2N2O. The summed E-state index contributed by atoms with van der Waals surface area (Å²) in [7, 11) is 0. The van der Waals surface area contributed by atoms with E-state index in [9.17, 15) is 8.78 Å². The van der Waals surface area contributed by atoms with Gasteiger partial charge in [-0.2, -0.15) is 0 Å². The van der Waals surface area contributed by atoms with Gasteiger partial charge in [0.05, 0.1) is 5.56 Å². The fourth-order valence-electron chi connectivity index (χ4n) is 0.898. The molecule has 0 saturated heterocycles. The number of benzene rings is 1. The molecule has 3 nitrogen and oxygen atoms in total. The van der Waals surface area contributed by atoms with Crippen LogP contribution in [0.15, 0.2) is 17.3 Å². The van der Waals surface area contributed by atoms with Crippen LogP contribution in [0.25, 0.3) is 0 Å². The molecule has 3 N–H and O–H groups in total. The average molecular weight is 186 g/mol. The molecule has 1 aromatic carbocycles. The number of oxime groups is 1. The van der Waals surface area contributed by atoms with Crippen molar-refractivity contribution >= 4 is 5.84 Å². The Labute approximate surface area is 73.5 Å². The predicted octanol–water partition coefficient (Wildman–Crippen LogP) is 1.37. The lowest BCUT2D eigenvalue weighted by atomic mass is 10.1. The van der Waals surface area contributed by atoms with Crippen molar-refractivity contribution in [3.05, 3.63) is 34.9 Å². The van der Waals surface area contributed by atoms with Crippen LogP contribution in [-0.4, -0.2) is 11.0 Å². The van der Waals surface area contributed by atoms with Crippen molar-refractivity contribution in [2.45, 2.75) is 6.92 Å². The predicted molar refractivity (Wildman–Crippen MR) is 43.6 cm³/mol. The Kier molecular flexibility index (Phi) is 2.46. The van der Waals surface area contributed by atoms with E-state index in [1.165, 1.54) is 19.1 Å². The summed E-state index contributed by atoms with van der Waals surface area (Å²) in [5.74, 6) is -2.53. The average Bonchev–Trinajstić information content (AvgIpc) is 2.13. The third-order valence-corrected chi connectivity index (χ3v) is 1.66. The van der Waals surface area contributed by atoms with E-state index in [1.807, 2.05) is 0 Å². The third-order valence-electron chi connectivity index (χ3n) is 1.66. The summed E-state index contributed by atoms with van der Waals surface area (Å²) in [5, 5.41) is 10.8. The van der Waals surface area contributed by atoms with Crippen molar-refractivity contribution in [2.24, 2.45) is 10.9 Å². The summed E-state index contributed by atoms with van der Waals surface area (Å²) in [4.78, 5) is 0. The number of rotatable bonds is 1. The van der Waals surface area contributed by atoms with Crippen LogP contribution in [0.2, 0.25) is 0 Å². The van der Waals surface area contributed by atoms with Crippen LogP contribution in [0.4, 0.5) is 8.78 Å². The van der Waals surface area contributed by atoms with E-state index in [1.54, 1.807) is 0 Å². The number of nitrogens with two attached hydrogens (primary N) is 1. The van der Waals surface area contributed by atoms with Gasteiger partial charge in [-0.1, -0.05) is 11.2 Å². The van der Waals surface area contributed by atoms with Crippen LogP contribution in [0, 0.1) is 18.6 Å². The van der Waals surface area contributed by atoms with Gasteiger partial charge in [-0.25, -0.2) is 8.78 Å². The number of hydrogen-bond donors (Lipinski definition) is 2. The number of amidine groups is 1. The standard InChI is InChI=1S/C8H8F2N2O/c1-4-2-3-5(8(11)12-13)7(10)6(4)9/h2-3,13H,1H3,(H2,11,12). The molecule has 1 aromatic rings. The Hall–Kier alpha value is -1.65. The van der Waals surface area contributed by atoms with Crippen LogP contribution < -0.4 is 5.73 Å². The molecule has 0 aromatic heterocycles. The molecule has 0 aliphatic heterocycles. The van der Waals surface area contributed by atoms with E-state index in [2.05, 4.69) is 5.16 Å². The number of hydrogen-bond acceptors (Lipinski definition) is 2. The lowest BCUT2D eigenvalue weighted by molar-refractivity contribution is 0.318. The Bertz CT molecular complexity index is 363. The van der Waals surface area contributed by atoms with Crippen LogP contribution in [-0.2, 0) is 0 Å². The summed E-state index contributed by atoms with van der Waals surface area (Å²) in [5.41, 5.74) is 5.04. The second kappa shape index (κ2) is 3.38. The van der Waals surface area contributed by atoms with Crippen molar-refractivity contribution in [1.82, 2.24) is 0 Å². The first-order chi connectivity index (χ1) is 6.07. The van der Waals surface area contributed by atoms with Crippen molar-refractivity contribution in [3.8, 4) is 0 Å². The molecule has 0 saturated carbocycles. The molecule has 70 valence electrons. The SMILES string of the molecule is Cc1ccc(C(N)=NO)c(F)c1F. The largest absolute Gasteiger partial charge is 0.409 e. The van der Waals surface area contributed by atoms with Crippen molar-refractivity contribution in [1.29, 1.82) is 0 Å². The molecule has 0 radical (unpaired) electrons. The van der Waals surface area contributed by atoms with E-state index < -0.39 is 17.5 Å². The molecule has 0 amide bonds. The fourth-order valence-corrected chi connectivity index (χ4v) is 0.898. The lowest BCUT2D eigenvalue weighted by Gasteiger charge is -2.03. The number of nitrogens with zero attached hydrogens (tertiary/aromatic N) is 1. The van der Waals surface area contributed by atoms with Gasteiger partial charge in [0, 0.05) is 0 Å². The van der Waals surface area contributed by atoms with Crippen molar-refractivity contribution in [2.75, 3.05) is 0 Å². The minimum Gasteiger partial charge on any atom is -0.409 e. The first kappa shape index (κ1) is 9.44. The third kappa shape index (κ3) is 1.58. The van der Waals surface area contributed by atoms with Crippen molar-refractivity contribution in [3.63, 3.8) is 0 Å². The Morgan fingerprint density at radius 2 is 2.00 bits per heavy atom. The number of aryl methyl sites for hydroxylation is 1. The van der Waals surface area contributed by atoms with Gasteiger partial charge in [0.15, 0.2) is 17.5 Å². The van der Waals surface area contributed by atoms with E-state index in [0.29, 0.717) is 0 Å². The second-order valence-electron chi connectivity index (χ2n) is 2.54. The second-order valence-corrected chi connectivity index (χ2v) is 2.54. The Balaban J connectivity index is 3.34. The van der Waals surface area contributed by atoms with Crippen LogP contribution in [0.3, 0.4) is 0 Å². The molecule has 0 spiro atoms. The highest BCUT2D eigenvalue weighted by Gasteiger charge is 2.13. The molecule has 0 bridgehead atoms. The molecule has 13 heavy (non-hydrogen) atoms. The highest BCUT2D eigenvalue weighted by Crippen LogP contribution is 2.14. The van der Waals surface area contributed by atoms with Crippen molar-refractivity contribution < 1.29 is 14.0 Å². The highest BCUT2D eigenvalue weighted by molar-refractivity contribution is 5.97. The lowest BCUT2D eigenvalue weighted by Crippen LogP contribution is -2.16. The highest BCUT2D eigenvalue weighted by atomic mass is 19.2. The summed E-state index contributed by atoms with van der Waals surface area (Å²) < 4.78 is 26.0.